The Morgan fingerprint density at radius 1 is 1.14 bits per heavy atom. The summed E-state index contributed by atoms with van der Waals surface area (Å²) in [5.41, 5.74) is 3.61. The summed E-state index contributed by atoms with van der Waals surface area (Å²) in [6.07, 6.45) is 1.70. The zero-order valence-corrected chi connectivity index (χ0v) is 11.9. The van der Waals surface area contributed by atoms with E-state index in [9.17, 15) is 4.79 Å². The summed E-state index contributed by atoms with van der Waals surface area (Å²) in [4.78, 5) is 11.6. The molecule has 0 fully saturated rings. The molecular weight excluding hydrogens is 264 g/mol. The van der Waals surface area contributed by atoms with Crippen LogP contribution in [0, 0.1) is 0 Å². The maximum atomic E-state index is 11.6. The summed E-state index contributed by atoms with van der Waals surface area (Å²) in [5.74, 6) is 0.520. The van der Waals surface area contributed by atoms with E-state index in [-0.39, 0.29) is 18.4 Å². The number of carbonyl (C=O) groups excluding carboxylic acids is 1. The van der Waals surface area contributed by atoms with Crippen molar-refractivity contribution in [2.75, 3.05) is 6.61 Å². The zero-order chi connectivity index (χ0) is 14.9. The van der Waals surface area contributed by atoms with Crippen molar-refractivity contribution < 1.29 is 9.53 Å². The minimum absolute atomic E-state index is 0.0545. The van der Waals surface area contributed by atoms with Gasteiger partial charge >= 0.3 is 0 Å². The molecule has 0 bridgehead atoms. The van der Waals surface area contributed by atoms with Gasteiger partial charge in [-0.3, -0.25) is 4.79 Å². The summed E-state index contributed by atoms with van der Waals surface area (Å²) in [7, 11) is 0. The normalized spacial score (nSPS) is 12.0. The number of nitrogens with one attached hydrogen (secondary N) is 1. The molecule has 0 aromatic heterocycles. The van der Waals surface area contributed by atoms with Gasteiger partial charge in [-0.15, -0.1) is 0 Å². The van der Waals surface area contributed by atoms with Crippen molar-refractivity contribution in [3.05, 3.63) is 66.2 Å². The van der Waals surface area contributed by atoms with Crippen LogP contribution in [0.1, 0.15) is 18.4 Å². The second-order valence-corrected chi connectivity index (χ2v) is 4.61. The fraction of sp³-hybridized carbons (Fsp3) is 0.176. The highest BCUT2D eigenvalue weighted by molar-refractivity contribution is 5.78. The van der Waals surface area contributed by atoms with Gasteiger partial charge in [-0.25, -0.2) is 5.43 Å². The monoisotopic (exact) mass is 282 g/mol. The fourth-order valence-electron chi connectivity index (χ4n) is 1.76. The van der Waals surface area contributed by atoms with Crippen molar-refractivity contribution in [1.82, 2.24) is 5.43 Å². The molecule has 0 spiro atoms. The van der Waals surface area contributed by atoms with Gasteiger partial charge in [0, 0.05) is 12.1 Å². The summed E-state index contributed by atoms with van der Waals surface area (Å²) >= 11 is 0. The van der Waals surface area contributed by atoms with Gasteiger partial charge in [0.1, 0.15) is 5.75 Å². The Morgan fingerprint density at radius 3 is 2.43 bits per heavy atom. The molecule has 4 nitrogen and oxygen atoms in total. The molecule has 0 aliphatic rings. The second kappa shape index (κ2) is 7.85. The molecule has 1 N–H and O–H groups in total. The Labute approximate surface area is 124 Å². The summed E-state index contributed by atoms with van der Waals surface area (Å²) in [6, 6.07) is 19.2. The Morgan fingerprint density at radius 2 is 1.76 bits per heavy atom. The average Bonchev–Trinajstić information content (AvgIpc) is 2.54. The highest BCUT2D eigenvalue weighted by atomic mass is 16.5. The van der Waals surface area contributed by atoms with Crippen LogP contribution in [0.5, 0.6) is 5.75 Å². The number of hydrogen-bond acceptors (Lipinski definition) is 3. The van der Waals surface area contributed by atoms with Gasteiger partial charge < -0.3 is 4.74 Å². The van der Waals surface area contributed by atoms with Crippen molar-refractivity contribution in [1.29, 1.82) is 0 Å². The van der Waals surface area contributed by atoms with Gasteiger partial charge in [-0.2, -0.15) is 5.10 Å². The number of nitrogens with zero attached hydrogens (tertiary/aromatic N) is 1. The molecule has 0 aliphatic carbocycles. The first-order chi connectivity index (χ1) is 10.3. The first-order valence-electron chi connectivity index (χ1n) is 6.80. The molecule has 1 amide bonds. The molecule has 2 aromatic rings. The van der Waals surface area contributed by atoms with Crippen LogP contribution in [0.15, 0.2) is 65.8 Å². The van der Waals surface area contributed by atoms with Gasteiger partial charge in [0.15, 0.2) is 6.61 Å². The smallest absolute Gasteiger partial charge is 0.277 e. The molecule has 0 aliphatic heterocycles. The zero-order valence-electron chi connectivity index (χ0n) is 11.9. The van der Waals surface area contributed by atoms with E-state index in [1.807, 2.05) is 55.5 Å². The van der Waals surface area contributed by atoms with E-state index in [0.717, 1.165) is 5.56 Å². The predicted octanol–water partition coefficient (Wildman–Crippen LogP) is 2.97. The first kappa shape index (κ1) is 14.8. The van der Waals surface area contributed by atoms with Crippen LogP contribution in [0.25, 0.3) is 0 Å². The standard InChI is InChI=1S/C17H18N2O2/c1-14(15-8-4-2-5-9-15)12-18-19-17(20)13-21-16-10-6-3-7-11-16/h2-12,14H,13H2,1H3,(H,19,20)/b18-12-. The highest BCUT2D eigenvalue weighted by Gasteiger charge is 2.03. The lowest BCUT2D eigenvalue weighted by Gasteiger charge is -2.06. The fourth-order valence-corrected chi connectivity index (χ4v) is 1.76. The number of hydrogen-bond donors (Lipinski definition) is 1. The molecule has 2 rings (SSSR count). The third-order valence-corrected chi connectivity index (χ3v) is 2.93. The van der Waals surface area contributed by atoms with Gasteiger partial charge in [0.25, 0.3) is 5.91 Å². The number of rotatable bonds is 6. The van der Waals surface area contributed by atoms with E-state index in [2.05, 4.69) is 10.5 Å². The lowest BCUT2D eigenvalue weighted by Crippen LogP contribution is -2.24. The van der Waals surface area contributed by atoms with Crippen molar-refractivity contribution >= 4 is 12.1 Å². The second-order valence-electron chi connectivity index (χ2n) is 4.61. The number of para-hydroxylation sites is 1. The van der Waals surface area contributed by atoms with E-state index in [4.69, 9.17) is 4.74 Å². The average molecular weight is 282 g/mol. The Kier molecular flexibility index (Phi) is 5.52. The van der Waals surface area contributed by atoms with Gasteiger partial charge in [0.05, 0.1) is 0 Å². The quantitative estimate of drug-likeness (QED) is 0.654. The lowest BCUT2D eigenvalue weighted by atomic mass is 10.0. The molecule has 1 unspecified atom stereocenters. The van der Waals surface area contributed by atoms with Gasteiger partial charge in [0.2, 0.25) is 0 Å². The number of carbonyl (C=O) groups is 1. The van der Waals surface area contributed by atoms with E-state index >= 15 is 0 Å². The molecule has 0 heterocycles. The SMILES string of the molecule is CC(/C=N\NC(=O)COc1ccccc1)c1ccccc1. The molecule has 4 heteroatoms. The summed E-state index contributed by atoms with van der Waals surface area (Å²) in [5, 5.41) is 3.96. The minimum Gasteiger partial charge on any atom is -0.484 e. The predicted molar refractivity (Wildman–Crippen MR) is 83.4 cm³/mol. The molecule has 2 aromatic carbocycles. The number of hydrazone groups is 1. The number of benzene rings is 2. The Hall–Kier alpha value is -2.62. The van der Waals surface area contributed by atoms with E-state index in [1.165, 1.54) is 0 Å². The molecule has 0 saturated heterocycles. The third kappa shape index (κ3) is 5.10. The molecule has 21 heavy (non-hydrogen) atoms. The third-order valence-electron chi connectivity index (χ3n) is 2.93. The van der Waals surface area contributed by atoms with Crippen molar-refractivity contribution in [3.8, 4) is 5.75 Å². The van der Waals surface area contributed by atoms with Crippen LogP contribution in [0.2, 0.25) is 0 Å². The van der Waals surface area contributed by atoms with E-state index in [1.54, 1.807) is 18.3 Å². The van der Waals surface area contributed by atoms with Gasteiger partial charge in [-0.05, 0) is 17.7 Å². The maximum absolute atomic E-state index is 11.6. The van der Waals surface area contributed by atoms with E-state index < -0.39 is 0 Å². The molecule has 0 saturated carbocycles. The summed E-state index contributed by atoms with van der Waals surface area (Å²) in [6.45, 7) is 1.96. The van der Waals surface area contributed by atoms with Crippen LogP contribution in [-0.2, 0) is 4.79 Å². The first-order valence-corrected chi connectivity index (χ1v) is 6.80. The van der Waals surface area contributed by atoms with Crippen LogP contribution < -0.4 is 10.2 Å². The lowest BCUT2D eigenvalue weighted by molar-refractivity contribution is -0.123. The van der Waals surface area contributed by atoms with Crippen LogP contribution >= 0.6 is 0 Å². The number of ether oxygens (including phenoxy) is 1. The highest BCUT2D eigenvalue weighted by Crippen LogP contribution is 2.11. The summed E-state index contributed by atoms with van der Waals surface area (Å²) < 4.78 is 5.32. The van der Waals surface area contributed by atoms with E-state index in [0.29, 0.717) is 5.75 Å². The van der Waals surface area contributed by atoms with Crippen molar-refractivity contribution in [2.45, 2.75) is 12.8 Å². The number of amides is 1. The molecule has 108 valence electrons. The van der Waals surface area contributed by atoms with Crippen LogP contribution in [0.3, 0.4) is 0 Å². The molecule has 0 radical (unpaired) electrons. The van der Waals surface area contributed by atoms with Crippen LogP contribution in [-0.4, -0.2) is 18.7 Å². The molecule has 1 atom stereocenters. The van der Waals surface area contributed by atoms with Crippen LogP contribution in [0.4, 0.5) is 0 Å². The van der Waals surface area contributed by atoms with Gasteiger partial charge in [-0.1, -0.05) is 55.5 Å². The largest absolute Gasteiger partial charge is 0.484 e. The molecular formula is C17H18N2O2. The van der Waals surface area contributed by atoms with Crippen molar-refractivity contribution in [3.63, 3.8) is 0 Å². The minimum atomic E-state index is -0.282. The maximum Gasteiger partial charge on any atom is 0.277 e. The topological polar surface area (TPSA) is 50.7 Å². The Bertz CT molecular complexity index is 582. The Balaban J connectivity index is 1.75. The van der Waals surface area contributed by atoms with Crippen molar-refractivity contribution in [2.24, 2.45) is 5.10 Å².